The van der Waals surface area contributed by atoms with Gasteiger partial charge in [-0.2, -0.15) is 13.2 Å². The van der Waals surface area contributed by atoms with Crippen LogP contribution in [-0.4, -0.2) is 0 Å². The number of halogens is 3. The molecule has 0 saturated carbocycles. The molecular weight excluding hydrogens is 279 g/mol. The molecule has 0 saturated heterocycles. The first-order valence-electron chi connectivity index (χ1n) is 6.32. The monoisotopic (exact) mass is 291 g/mol. The third-order valence-corrected chi connectivity index (χ3v) is 3.16. The Kier molecular flexibility index (Phi) is 4.19. The highest BCUT2D eigenvalue weighted by Gasteiger charge is 2.31. The zero-order valence-electron chi connectivity index (χ0n) is 11.2. The van der Waals surface area contributed by atoms with Crippen LogP contribution in [0.15, 0.2) is 47.6 Å². The molecule has 0 aliphatic heterocycles. The summed E-state index contributed by atoms with van der Waals surface area (Å²) >= 11 is 0. The average Bonchev–Trinajstić information content (AvgIpc) is 2.47. The molecule has 0 radical (unpaired) electrons. The number of rotatable bonds is 3. The fourth-order valence-corrected chi connectivity index (χ4v) is 2.15. The van der Waals surface area contributed by atoms with Crippen LogP contribution < -0.4 is 0 Å². The predicted molar refractivity (Wildman–Crippen MR) is 75.1 cm³/mol. The molecule has 0 aromatic heterocycles. The maximum Gasteiger partial charge on any atom is 0.416 e. The Morgan fingerprint density at radius 1 is 1.10 bits per heavy atom. The molecule has 21 heavy (non-hydrogen) atoms. The van der Waals surface area contributed by atoms with Gasteiger partial charge in [-0.1, -0.05) is 42.4 Å². The van der Waals surface area contributed by atoms with Crippen LogP contribution in [0.25, 0.3) is 21.6 Å². The van der Waals surface area contributed by atoms with Gasteiger partial charge in [0.2, 0.25) is 0 Å². The van der Waals surface area contributed by atoms with Crippen molar-refractivity contribution in [3.05, 3.63) is 64.0 Å². The van der Waals surface area contributed by atoms with Crippen LogP contribution in [0.3, 0.4) is 0 Å². The first-order chi connectivity index (χ1) is 9.97. The zero-order chi connectivity index (χ0) is 15.5. The van der Waals surface area contributed by atoms with Crippen molar-refractivity contribution in [1.29, 1.82) is 0 Å². The van der Waals surface area contributed by atoms with Crippen LogP contribution in [-0.2, 0) is 12.6 Å². The van der Waals surface area contributed by atoms with Crippen molar-refractivity contribution in [2.45, 2.75) is 19.5 Å². The molecule has 2 aromatic carbocycles. The van der Waals surface area contributed by atoms with Gasteiger partial charge in [0.1, 0.15) is 0 Å². The highest BCUT2D eigenvalue weighted by Crippen LogP contribution is 2.38. The van der Waals surface area contributed by atoms with Gasteiger partial charge < -0.3 is 0 Å². The fraction of sp³-hybridized carbons (Fsp3) is 0.200. The molecule has 0 aliphatic rings. The quantitative estimate of drug-likeness (QED) is 0.385. The van der Waals surface area contributed by atoms with Crippen molar-refractivity contribution < 1.29 is 13.2 Å². The Bertz CT molecular complexity index is 702. The summed E-state index contributed by atoms with van der Waals surface area (Å²) in [6.45, 7) is 1.92. The Morgan fingerprint density at radius 2 is 1.81 bits per heavy atom. The summed E-state index contributed by atoms with van der Waals surface area (Å²) in [7, 11) is 0. The molecule has 0 atom stereocenters. The average molecular weight is 291 g/mol. The zero-order valence-corrected chi connectivity index (χ0v) is 11.2. The summed E-state index contributed by atoms with van der Waals surface area (Å²) in [5, 5.41) is 3.49. The molecular formula is C15H12F3N3. The van der Waals surface area contributed by atoms with E-state index in [1.54, 1.807) is 12.1 Å². The third kappa shape index (κ3) is 3.17. The summed E-state index contributed by atoms with van der Waals surface area (Å²) in [6.07, 6.45) is -3.77. The summed E-state index contributed by atoms with van der Waals surface area (Å²) < 4.78 is 38.6. The van der Waals surface area contributed by atoms with Gasteiger partial charge >= 0.3 is 6.18 Å². The molecule has 0 fully saturated rings. The Labute approximate surface area is 119 Å². The van der Waals surface area contributed by atoms with Crippen LogP contribution >= 0.6 is 0 Å². The van der Waals surface area contributed by atoms with E-state index in [2.05, 4.69) is 10.0 Å². The highest BCUT2D eigenvalue weighted by atomic mass is 19.4. The van der Waals surface area contributed by atoms with Crippen LogP contribution in [0.1, 0.15) is 18.1 Å². The highest BCUT2D eigenvalue weighted by molar-refractivity contribution is 5.78. The summed E-state index contributed by atoms with van der Waals surface area (Å²) in [5.74, 6) is 0. The lowest BCUT2D eigenvalue weighted by molar-refractivity contribution is -0.137. The molecule has 0 N–H and O–H groups in total. The van der Waals surface area contributed by atoms with Gasteiger partial charge in [-0.3, -0.25) is 0 Å². The van der Waals surface area contributed by atoms with E-state index in [1.165, 1.54) is 6.07 Å². The van der Waals surface area contributed by atoms with E-state index in [4.69, 9.17) is 5.53 Å². The molecule has 0 aliphatic carbocycles. The molecule has 2 aromatic rings. The maximum absolute atomic E-state index is 12.9. The number of azide groups is 1. The first kappa shape index (κ1) is 14.9. The SMILES string of the molecule is CCc1ccccc1-c1cc(C(F)(F)F)ccc1N=[N+]=[N-]. The van der Waals surface area contributed by atoms with Crippen LogP contribution in [0, 0.1) is 0 Å². The standard InChI is InChI=1S/C15H12F3N3/c1-2-10-5-3-4-6-12(10)13-9-11(15(16,17)18)7-8-14(13)20-21-19/h3-9H,2H2,1H3. The second-order valence-electron chi connectivity index (χ2n) is 4.43. The molecule has 6 heteroatoms. The number of alkyl halides is 3. The fourth-order valence-electron chi connectivity index (χ4n) is 2.15. The van der Waals surface area contributed by atoms with E-state index in [0.717, 1.165) is 17.7 Å². The number of benzene rings is 2. The normalized spacial score (nSPS) is 11.0. The number of aryl methyl sites for hydroxylation is 1. The Morgan fingerprint density at radius 3 is 2.43 bits per heavy atom. The molecule has 3 nitrogen and oxygen atoms in total. The van der Waals surface area contributed by atoms with E-state index >= 15 is 0 Å². The van der Waals surface area contributed by atoms with Crippen molar-refractivity contribution in [3.63, 3.8) is 0 Å². The van der Waals surface area contributed by atoms with Gasteiger partial charge in [0.05, 0.1) is 5.56 Å². The minimum Gasteiger partial charge on any atom is -0.166 e. The lowest BCUT2D eigenvalue weighted by Gasteiger charge is -2.14. The summed E-state index contributed by atoms with van der Waals surface area (Å²) in [4.78, 5) is 2.68. The molecule has 0 heterocycles. The predicted octanol–water partition coefficient (Wildman–Crippen LogP) is 5.88. The van der Waals surface area contributed by atoms with Crippen LogP contribution in [0.4, 0.5) is 18.9 Å². The largest absolute Gasteiger partial charge is 0.416 e. The second kappa shape index (κ2) is 5.89. The second-order valence-corrected chi connectivity index (χ2v) is 4.43. The molecule has 2 rings (SSSR count). The van der Waals surface area contributed by atoms with E-state index in [9.17, 15) is 13.2 Å². The van der Waals surface area contributed by atoms with Crippen molar-refractivity contribution in [2.75, 3.05) is 0 Å². The minimum absolute atomic E-state index is 0.186. The summed E-state index contributed by atoms with van der Waals surface area (Å²) in [5.41, 5.74) is 9.84. The topological polar surface area (TPSA) is 48.8 Å². The van der Waals surface area contributed by atoms with Crippen LogP contribution in [0.5, 0.6) is 0 Å². The third-order valence-electron chi connectivity index (χ3n) is 3.16. The van der Waals surface area contributed by atoms with Crippen molar-refractivity contribution in [3.8, 4) is 11.1 Å². The number of nitrogens with zero attached hydrogens (tertiary/aromatic N) is 3. The van der Waals surface area contributed by atoms with Gasteiger partial charge in [-0.25, -0.2) is 0 Å². The van der Waals surface area contributed by atoms with Crippen molar-refractivity contribution >= 4 is 5.69 Å². The van der Waals surface area contributed by atoms with Crippen molar-refractivity contribution in [1.82, 2.24) is 0 Å². The number of hydrogen-bond acceptors (Lipinski definition) is 1. The molecule has 0 unspecified atom stereocenters. The molecule has 0 amide bonds. The number of hydrogen-bond donors (Lipinski definition) is 0. The molecule has 0 spiro atoms. The Hall–Kier alpha value is -2.46. The van der Waals surface area contributed by atoms with E-state index in [1.807, 2.05) is 19.1 Å². The smallest absolute Gasteiger partial charge is 0.166 e. The molecule has 0 bridgehead atoms. The van der Waals surface area contributed by atoms with Gasteiger partial charge in [0.25, 0.3) is 0 Å². The minimum atomic E-state index is -4.44. The van der Waals surface area contributed by atoms with Gasteiger partial charge in [0.15, 0.2) is 0 Å². The molecule has 108 valence electrons. The van der Waals surface area contributed by atoms with Gasteiger partial charge in [-0.15, -0.1) is 0 Å². The van der Waals surface area contributed by atoms with Gasteiger partial charge in [-0.05, 0) is 40.8 Å². The van der Waals surface area contributed by atoms with E-state index in [-0.39, 0.29) is 5.69 Å². The summed E-state index contributed by atoms with van der Waals surface area (Å²) in [6, 6.07) is 10.3. The van der Waals surface area contributed by atoms with Crippen LogP contribution in [0.2, 0.25) is 0 Å². The van der Waals surface area contributed by atoms with Crippen molar-refractivity contribution in [2.24, 2.45) is 5.11 Å². The first-order valence-corrected chi connectivity index (χ1v) is 6.32. The van der Waals surface area contributed by atoms with E-state index < -0.39 is 11.7 Å². The lowest BCUT2D eigenvalue weighted by Crippen LogP contribution is -2.04. The Balaban J connectivity index is 2.72. The van der Waals surface area contributed by atoms with E-state index in [0.29, 0.717) is 17.5 Å². The van der Waals surface area contributed by atoms with Gasteiger partial charge in [0, 0.05) is 10.6 Å². The maximum atomic E-state index is 12.9. The lowest BCUT2D eigenvalue weighted by atomic mass is 9.95.